The minimum atomic E-state index is -0.415. The number of hydrogen-bond acceptors (Lipinski definition) is 3. The fourth-order valence-corrected chi connectivity index (χ4v) is 1.94. The number of aliphatic hydroxyl groups is 1. The minimum Gasteiger partial charge on any atom is -0.487 e. The van der Waals surface area contributed by atoms with E-state index in [-0.39, 0.29) is 6.61 Å². The Bertz CT molecular complexity index is 567. The van der Waals surface area contributed by atoms with Gasteiger partial charge in [0, 0.05) is 12.6 Å². The van der Waals surface area contributed by atoms with Crippen molar-refractivity contribution in [2.75, 3.05) is 0 Å². The Kier molecular flexibility index (Phi) is 4.16. The molecule has 0 aliphatic heterocycles. The Morgan fingerprint density at radius 3 is 2.79 bits per heavy atom. The molecule has 2 aromatic rings. The zero-order chi connectivity index (χ0) is 13.8. The molecule has 0 amide bonds. The molecular weight excluding hydrogens is 247 g/mol. The van der Waals surface area contributed by atoms with E-state index in [9.17, 15) is 4.39 Å². The molecule has 1 aromatic heterocycles. The van der Waals surface area contributed by atoms with E-state index in [2.05, 4.69) is 5.10 Å². The summed E-state index contributed by atoms with van der Waals surface area (Å²) < 4.78 is 20.7. The van der Waals surface area contributed by atoms with Gasteiger partial charge in [-0.1, -0.05) is 0 Å². The zero-order valence-electron chi connectivity index (χ0n) is 11.1. The number of nitrogens with zero attached hydrogens (tertiary/aromatic N) is 2. The lowest BCUT2D eigenvalue weighted by molar-refractivity contribution is 0.274. The summed E-state index contributed by atoms with van der Waals surface area (Å²) >= 11 is 0. The first kappa shape index (κ1) is 13.5. The van der Waals surface area contributed by atoms with Gasteiger partial charge in [-0.25, -0.2) is 4.39 Å². The van der Waals surface area contributed by atoms with E-state index in [1.54, 1.807) is 6.07 Å². The van der Waals surface area contributed by atoms with E-state index < -0.39 is 5.82 Å². The van der Waals surface area contributed by atoms with Gasteiger partial charge in [0.1, 0.15) is 18.2 Å². The lowest BCUT2D eigenvalue weighted by Gasteiger charge is -2.09. The third-order valence-electron chi connectivity index (χ3n) is 2.79. The second-order valence-corrected chi connectivity index (χ2v) is 4.33. The van der Waals surface area contributed by atoms with Crippen LogP contribution in [0.15, 0.2) is 24.3 Å². The molecule has 0 unspecified atom stereocenters. The van der Waals surface area contributed by atoms with Gasteiger partial charge >= 0.3 is 0 Å². The smallest absolute Gasteiger partial charge is 0.130 e. The van der Waals surface area contributed by atoms with Crippen molar-refractivity contribution in [2.45, 2.75) is 33.6 Å². The lowest BCUT2D eigenvalue weighted by atomic mass is 10.2. The first-order valence-electron chi connectivity index (χ1n) is 6.19. The van der Waals surface area contributed by atoms with E-state index in [1.165, 1.54) is 12.1 Å². The molecular formula is C14H17FN2O2. The Morgan fingerprint density at radius 1 is 1.32 bits per heavy atom. The van der Waals surface area contributed by atoms with Crippen LogP contribution in [0.5, 0.6) is 5.75 Å². The lowest BCUT2D eigenvalue weighted by Crippen LogP contribution is -2.06. The normalized spacial score (nSPS) is 10.7. The molecule has 0 aliphatic rings. The summed E-state index contributed by atoms with van der Waals surface area (Å²) in [7, 11) is 0. The number of aromatic nitrogens is 2. The van der Waals surface area contributed by atoms with Crippen LogP contribution in [0.3, 0.4) is 0 Å². The van der Waals surface area contributed by atoms with Gasteiger partial charge in [0.2, 0.25) is 0 Å². The minimum absolute atomic E-state index is 0.208. The van der Waals surface area contributed by atoms with Crippen LogP contribution in [0.2, 0.25) is 0 Å². The van der Waals surface area contributed by atoms with Crippen molar-refractivity contribution >= 4 is 0 Å². The summed E-state index contributed by atoms with van der Waals surface area (Å²) in [5.74, 6) is -0.00714. The average molecular weight is 264 g/mol. The molecule has 2 rings (SSSR count). The molecule has 0 atom stereocenters. The van der Waals surface area contributed by atoms with E-state index >= 15 is 0 Å². The standard InChI is InChI=1S/C14H17FN2O2/c1-3-17-13(4-10(2)16-17)9-19-14-6-11(8-18)5-12(15)7-14/h4-7,18H,3,8-9H2,1-2H3. The van der Waals surface area contributed by atoms with Gasteiger partial charge < -0.3 is 9.84 Å². The molecule has 1 N–H and O–H groups in total. The highest BCUT2D eigenvalue weighted by Crippen LogP contribution is 2.18. The quantitative estimate of drug-likeness (QED) is 0.902. The van der Waals surface area contributed by atoms with Crippen LogP contribution in [0.25, 0.3) is 0 Å². The molecule has 1 aromatic carbocycles. The van der Waals surface area contributed by atoms with Gasteiger partial charge in [-0.2, -0.15) is 5.10 Å². The third-order valence-corrected chi connectivity index (χ3v) is 2.79. The zero-order valence-corrected chi connectivity index (χ0v) is 11.1. The highest BCUT2D eigenvalue weighted by molar-refractivity contribution is 5.29. The van der Waals surface area contributed by atoms with Crippen molar-refractivity contribution in [1.82, 2.24) is 9.78 Å². The van der Waals surface area contributed by atoms with Crippen LogP contribution in [0.1, 0.15) is 23.9 Å². The van der Waals surface area contributed by atoms with E-state index in [4.69, 9.17) is 9.84 Å². The summed E-state index contributed by atoms with van der Waals surface area (Å²) in [6, 6.07) is 6.16. The molecule has 4 nitrogen and oxygen atoms in total. The van der Waals surface area contributed by atoms with Gasteiger partial charge in [-0.05, 0) is 37.6 Å². The second kappa shape index (κ2) is 5.84. The number of ether oxygens (including phenoxy) is 1. The molecule has 0 aliphatic carbocycles. The molecule has 102 valence electrons. The number of aryl methyl sites for hydroxylation is 2. The fourth-order valence-electron chi connectivity index (χ4n) is 1.94. The van der Waals surface area contributed by atoms with Crippen molar-refractivity contribution < 1.29 is 14.2 Å². The van der Waals surface area contributed by atoms with Crippen LogP contribution in [0.4, 0.5) is 4.39 Å². The number of hydrogen-bond donors (Lipinski definition) is 1. The van der Waals surface area contributed by atoms with Gasteiger partial charge in [-0.3, -0.25) is 4.68 Å². The van der Waals surface area contributed by atoms with Crippen LogP contribution < -0.4 is 4.74 Å². The summed E-state index contributed by atoms with van der Waals surface area (Å²) in [4.78, 5) is 0. The van der Waals surface area contributed by atoms with E-state index in [0.717, 1.165) is 17.9 Å². The topological polar surface area (TPSA) is 47.3 Å². The predicted molar refractivity (Wildman–Crippen MR) is 69.3 cm³/mol. The first-order chi connectivity index (χ1) is 9.12. The van der Waals surface area contributed by atoms with Crippen molar-refractivity contribution in [2.24, 2.45) is 0 Å². The molecule has 0 fully saturated rings. The van der Waals surface area contributed by atoms with Crippen molar-refractivity contribution in [1.29, 1.82) is 0 Å². The molecule has 0 bridgehead atoms. The Balaban J connectivity index is 2.11. The molecule has 0 radical (unpaired) electrons. The largest absolute Gasteiger partial charge is 0.487 e. The third kappa shape index (κ3) is 3.32. The highest BCUT2D eigenvalue weighted by Gasteiger charge is 2.06. The molecule has 19 heavy (non-hydrogen) atoms. The summed E-state index contributed by atoms with van der Waals surface area (Å²) in [6.45, 7) is 4.80. The van der Waals surface area contributed by atoms with Crippen molar-refractivity contribution in [3.63, 3.8) is 0 Å². The Hall–Kier alpha value is -1.88. The molecule has 0 saturated heterocycles. The maximum atomic E-state index is 13.3. The van der Waals surface area contributed by atoms with E-state index in [0.29, 0.717) is 17.9 Å². The van der Waals surface area contributed by atoms with Crippen LogP contribution in [0, 0.1) is 12.7 Å². The Labute approximate surface area is 111 Å². The SMILES string of the molecule is CCn1nc(C)cc1COc1cc(F)cc(CO)c1. The van der Waals surface area contributed by atoms with Crippen molar-refractivity contribution in [3.8, 4) is 5.75 Å². The van der Waals surface area contributed by atoms with Crippen LogP contribution >= 0.6 is 0 Å². The maximum absolute atomic E-state index is 13.3. The van der Waals surface area contributed by atoms with Gasteiger partial charge in [0.25, 0.3) is 0 Å². The predicted octanol–water partition coefficient (Wildman–Crippen LogP) is 2.42. The van der Waals surface area contributed by atoms with Crippen LogP contribution in [-0.2, 0) is 19.8 Å². The first-order valence-corrected chi connectivity index (χ1v) is 6.19. The molecule has 1 heterocycles. The van der Waals surface area contributed by atoms with Crippen LogP contribution in [-0.4, -0.2) is 14.9 Å². The number of aliphatic hydroxyl groups excluding tert-OH is 1. The molecule has 5 heteroatoms. The Morgan fingerprint density at radius 2 is 2.11 bits per heavy atom. The second-order valence-electron chi connectivity index (χ2n) is 4.33. The average Bonchev–Trinajstić information content (AvgIpc) is 2.76. The number of halogens is 1. The summed E-state index contributed by atoms with van der Waals surface area (Å²) in [6.07, 6.45) is 0. The maximum Gasteiger partial charge on any atom is 0.130 e. The van der Waals surface area contributed by atoms with Gasteiger partial charge in [-0.15, -0.1) is 0 Å². The molecule has 0 spiro atoms. The van der Waals surface area contributed by atoms with Gasteiger partial charge in [0.05, 0.1) is 18.0 Å². The van der Waals surface area contributed by atoms with Crippen molar-refractivity contribution in [3.05, 3.63) is 47.0 Å². The highest BCUT2D eigenvalue weighted by atomic mass is 19.1. The summed E-state index contributed by atoms with van der Waals surface area (Å²) in [5, 5.41) is 13.3. The summed E-state index contributed by atoms with van der Waals surface area (Å²) in [5.41, 5.74) is 2.36. The number of benzene rings is 1. The van der Waals surface area contributed by atoms with Gasteiger partial charge in [0.15, 0.2) is 0 Å². The molecule has 0 saturated carbocycles. The van der Waals surface area contributed by atoms with E-state index in [1.807, 2.05) is 24.6 Å². The number of rotatable bonds is 5. The monoisotopic (exact) mass is 264 g/mol. The fraction of sp³-hybridized carbons (Fsp3) is 0.357.